The van der Waals surface area contributed by atoms with E-state index in [4.69, 9.17) is 4.74 Å². The number of carbonyl (C=O) groups excluding carboxylic acids is 1. The van der Waals surface area contributed by atoms with Crippen molar-refractivity contribution in [1.82, 2.24) is 10.3 Å². The third-order valence-corrected chi connectivity index (χ3v) is 6.35. The Kier molecular flexibility index (Phi) is 6.65. The van der Waals surface area contributed by atoms with Crippen molar-refractivity contribution in [2.45, 2.75) is 10.8 Å². The molecular weight excluding hydrogens is 438 g/mol. The van der Waals surface area contributed by atoms with E-state index in [1.807, 2.05) is 61.0 Å². The quantitative estimate of drug-likeness (QED) is 0.209. The Morgan fingerprint density at radius 3 is 2.61 bits per heavy atom. The van der Waals surface area contributed by atoms with E-state index in [1.165, 1.54) is 17.8 Å². The summed E-state index contributed by atoms with van der Waals surface area (Å²) in [5.74, 6) is 0.0970. The first-order chi connectivity index (χ1) is 16.0. The topological polar surface area (TPSA) is 97.3 Å². The maximum absolute atomic E-state index is 13.1. The number of amides is 1. The number of carbonyl (C=O) groups is 1. The SMILES string of the molecule is COc1ccc(C(CNC(=O)c2cc(SC)ccc2[N+](=O)[O-])c2c[nH]c3ccccc23)cc1. The first-order valence-corrected chi connectivity index (χ1v) is 11.5. The van der Waals surface area contributed by atoms with Gasteiger partial charge >= 0.3 is 0 Å². The predicted molar refractivity (Wildman–Crippen MR) is 130 cm³/mol. The summed E-state index contributed by atoms with van der Waals surface area (Å²) in [5, 5.41) is 15.5. The van der Waals surface area contributed by atoms with Crippen LogP contribution in [0.15, 0.2) is 77.8 Å². The van der Waals surface area contributed by atoms with Crippen LogP contribution in [0.2, 0.25) is 0 Å². The zero-order chi connectivity index (χ0) is 23.4. The van der Waals surface area contributed by atoms with Crippen LogP contribution in [0.3, 0.4) is 0 Å². The zero-order valence-corrected chi connectivity index (χ0v) is 19.0. The normalized spacial score (nSPS) is 11.8. The summed E-state index contributed by atoms with van der Waals surface area (Å²) in [4.78, 5) is 28.1. The molecule has 0 fully saturated rings. The molecule has 7 nitrogen and oxygen atoms in total. The minimum absolute atomic E-state index is 0.0549. The molecule has 0 saturated carbocycles. The van der Waals surface area contributed by atoms with E-state index in [1.54, 1.807) is 19.2 Å². The Morgan fingerprint density at radius 2 is 1.91 bits per heavy atom. The highest BCUT2D eigenvalue weighted by Crippen LogP contribution is 2.32. The third-order valence-electron chi connectivity index (χ3n) is 5.63. The molecule has 0 aliphatic carbocycles. The van der Waals surface area contributed by atoms with Gasteiger partial charge in [0, 0.05) is 40.5 Å². The minimum atomic E-state index is -0.528. The number of para-hydroxylation sites is 1. The molecule has 1 atom stereocenters. The van der Waals surface area contributed by atoms with Crippen molar-refractivity contribution < 1.29 is 14.5 Å². The molecule has 4 rings (SSSR count). The number of H-pyrrole nitrogens is 1. The van der Waals surface area contributed by atoms with Crippen molar-refractivity contribution in [3.8, 4) is 5.75 Å². The Morgan fingerprint density at radius 1 is 1.15 bits per heavy atom. The molecule has 1 heterocycles. The van der Waals surface area contributed by atoms with Crippen LogP contribution in [-0.4, -0.2) is 35.7 Å². The Labute approximate surface area is 195 Å². The van der Waals surface area contributed by atoms with Gasteiger partial charge in [-0.1, -0.05) is 30.3 Å². The highest BCUT2D eigenvalue weighted by molar-refractivity contribution is 7.98. The van der Waals surface area contributed by atoms with Gasteiger partial charge in [0.05, 0.1) is 12.0 Å². The Balaban J connectivity index is 1.68. The lowest BCUT2D eigenvalue weighted by atomic mass is 9.90. The Bertz CT molecular complexity index is 1300. The van der Waals surface area contributed by atoms with Crippen molar-refractivity contribution in [1.29, 1.82) is 0 Å². The number of thioether (sulfide) groups is 1. The summed E-state index contributed by atoms with van der Waals surface area (Å²) in [6.07, 6.45) is 3.81. The van der Waals surface area contributed by atoms with Gasteiger partial charge < -0.3 is 15.0 Å². The fourth-order valence-corrected chi connectivity index (χ4v) is 4.34. The van der Waals surface area contributed by atoms with Gasteiger partial charge in [-0.3, -0.25) is 14.9 Å². The van der Waals surface area contributed by atoms with Crippen molar-refractivity contribution in [3.63, 3.8) is 0 Å². The second-order valence-corrected chi connectivity index (χ2v) is 8.35. The highest BCUT2D eigenvalue weighted by Gasteiger charge is 2.24. The van der Waals surface area contributed by atoms with Gasteiger partial charge in [-0.2, -0.15) is 0 Å². The molecule has 4 aromatic rings. The average Bonchev–Trinajstić information content (AvgIpc) is 3.28. The lowest BCUT2D eigenvalue weighted by Crippen LogP contribution is -2.29. The van der Waals surface area contributed by atoms with Crippen LogP contribution in [0.5, 0.6) is 5.75 Å². The van der Waals surface area contributed by atoms with Crippen LogP contribution in [0, 0.1) is 10.1 Å². The van der Waals surface area contributed by atoms with Gasteiger partial charge in [0.25, 0.3) is 11.6 Å². The fraction of sp³-hybridized carbons (Fsp3) is 0.160. The van der Waals surface area contributed by atoms with Crippen LogP contribution >= 0.6 is 11.8 Å². The standard InChI is InChI=1S/C25H23N3O4S/c1-32-17-9-7-16(8-10-17)21(22-15-26-23-6-4-3-5-19(22)23)14-27-25(29)20-13-18(33-2)11-12-24(20)28(30)31/h3-13,15,21,26H,14H2,1-2H3,(H,27,29). The van der Waals surface area contributed by atoms with Crippen LogP contribution in [-0.2, 0) is 0 Å². The van der Waals surface area contributed by atoms with E-state index in [-0.39, 0.29) is 23.7 Å². The monoisotopic (exact) mass is 461 g/mol. The van der Waals surface area contributed by atoms with Crippen LogP contribution in [0.25, 0.3) is 10.9 Å². The summed E-state index contributed by atoms with van der Waals surface area (Å²) in [6.45, 7) is 0.271. The molecule has 2 N–H and O–H groups in total. The summed E-state index contributed by atoms with van der Waals surface area (Å²) in [6, 6.07) is 20.2. The van der Waals surface area contributed by atoms with Crippen molar-refractivity contribution in [3.05, 3.63) is 99.7 Å². The number of nitrogens with one attached hydrogen (secondary N) is 2. The van der Waals surface area contributed by atoms with Crippen LogP contribution in [0.4, 0.5) is 5.69 Å². The first kappa shape index (κ1) is 22.4. The van der Waals surface area contributed by atoms with Crippen LogP contribution < -0.4 is 10.1 Å². The van der Waals surface area contributed by atoms with E-state index in [2.05, 4.69) is 10.3 Å². The van der Waals surface area contributed by atoms with Crippen LogP contribution in [0.1, 0.15) is 27.4 Å². The summed E-state index contributed by atoms with van der Waals surface area (Å²) >= 11 is 1.43. The van der Waals surface area contributed by atoms with Crippen molar-refractivity contribution in [2.75, 3.05) is 19.9 Å². The molecule has 0 radical (unpaired) electrons. The molecule has 0 aliphatic heterocycles. The molecule has 3 aromatic carbocycles. The largest absolute Gasteiger partial charge is 0.497 e. The number of methoxy groups -OCH3 is 1. The van der Waals surface area contributed by atoms with E-state index in [0.29, 0.717) is 0 Å². The van der Waals surface area contributed by atoms with Crippen molar-refractivity contribution in [2.24, 2.45) is 0 Å². The number of rotatable bonds is 8. The second kappa shape index (κ2) is 9.79. The lowest BCUT2D eigenvalue weighted by Gasteiger charge is -2.19. The fourth-order valence-electron chi connectivity index (χ4n) is 3.90. The number of nitrogens with zero attached hydrogens (tertiary/aromatic N) is 1. The van der Waals surface area contributed by atoms with Gasteiger partial charge in [0.15, 0.2) is 0 Å². The molecular formula is C25H23N3O4S. The molecule has 1 aromatic heterocycles. The number of hydrogen-bond donors (Lipinski definition) is 2. The van der Waals surface area contributed by atoms with Crippen molar-refractivity contribution >= 4 is 34.3 Å². The summed E-state index contributed by atoms with van der Waals surface area (Å²) in [5.41, 5.74) is 2.87. The number of aromatic nitrogens is 1. The van der Waals surface area contributed by atoms with E-state index >= 15 is 0 Å². The third kappa shape index (κ3) is 4.70. The lowest BCUT2D eigenvalue weighted by molar-refractivity contribution is -0.385. The number of fused-ring (bicyclic) bond motifs is 1. The average molecular weight is 462 g/mol. The number of nitro benzene ring substituents is 1. The smallest absolute Gasteiger partial charge is 0.282 e. The molecule has 0 spiro atoms. The van der Waals surface area contributed by atoms with E-state index < -0.39 is 10.8 Å². The molecule has 0 aliphatic rings. The molecule has 0 bridgehead atoms. The highest BCUT2D eigenvalue weighted by atomic mass is 32.2. The molecule has 1 amide bonds. The number of benzene rings is 3. The summed E-state index contributed by atoms with van der Waals surface area (Å²) < 4.78 is 5.28. The maximum Gasteiger partial charge on any atom is 0.282 e. The number of aromatic amines is 1. The zero-order valence-electron chi connectivity index (χ0n) is 18.2. The number of ether oxygens (including phenoxy) is 1. The Hall–Kier alpha value is -3.78. The van der Waals surface area contributed by atoms with E-state index in [0.717, 1.165) is 32.7 Å². The second-order valence-electron chi connectivity index (χ2n) is 7.47. The maximum atomic E-state index is 13.1. The molecule has 1 unspecified atom stereocenters. The van der Waals surface area contributed by atoms with Gasteiger partial charge in [0.1, 0.15) is 11.3 Å². The molecule has 8 heteroatoms. The number of nitro groups is 1. The first-order valence-electron chi connectivity index (χ1n) is 10.3. The van der Waals surface area contributed by atoms with Gasteiger partial charge in [0.2, 0.25) is 0 Å². The molecule has 168 valence electrons. The van der Waals surface area contributed by atoms with Gasteiger partial charge in [-0.25, -0.2) is 0 Å². The van der Waals surface area contributed by atoms with Gasteiger partial charge in [-0.15, -0.1) is 11.8 Å². The number of hydrogen-bond acceptors (Lipinski definition) is 5. The summed E-state index contributed by atoms with van der Waals surface area (Å²) in [7, 11) is 1.61. The minimum Gasteiger partial charge on any atom is -0.497 e. The molecule has 33 heavy (non-hydrogen) atoms. The van der Waals surface area contributed by atoms with Gasteiger partial charge in [-0.05, 0) is 47.7 Å². The predicted octanol–water partition coefficient (Wildman–Crippen LogP) is 5.37. The molecule has 0 saturated heterocycles. The van der Waals surface area contributed by atoms with E-state index in [9.17, 15) is 14.9 Å².